The number of thiazole rings is 1. The Balaban J connectivity index is 2.63. The molecule has 0 saturated heterocycles. The second-order valence-corrected chi connectivity index (χ2v) is 6.84. The summed E-state index contributed by atoms with van der Waals surface area (Å²) < 4.78 is 26.8. The van der Waals surface area contributed by atoms with Crippen LogP contribution in [0.15, 0.2) is 4.21 Å². The number of aryl methyl sites for hydroxylation is 1. The zero-order valence-corrected chi connectivity index (χ0v) is 12.6. The van der Waals surface area contributed by atoms with E-state index in [1.54, 1.807) is 6.92 Å². The van der Waals surface area contributed by atoms with Crippen molar-refractivity contribution in [3.05, 3.63) is 5.69 Å². The number of aromatic nitrogens is 1. The lowest BCUT2D eigenvalue weighted by Gasteiger charge is -2.17. The monoisotopic (exact) mass is 292 g/mol. The predicted octanol–water partition coefficient (Wildman–Crippen LogP) is 0.654. The van der Waals surface area contributed by atoms with E-state index in [9.17, 15) is 8.42 Å². The van der Waals surface area contributed by atoms with Crippen LogP contribution in [0.5, 0.6) is 0 Å². The van der Waals surface area contributed by atoms with Crippen LogP contribution in [0.4, 0.5) is 5.13 Å². The first-order chi connectivity index (χ1) is 8.40. The molecule has 0 saturated carbocycles. The molecule has 0 aliphatic carbocycles. The van der Waals surface area contributed by atoms with Gasteiger partial charge in [0.25, 0.3) is 10.0 Å². The van der Waals surface area contributed by atoms with Gasteiger partial charge in [0.15, 0.2) is 9.34 Å². The fourth-order valence-electron chi connectivity index (χ4n) is 1.60. The summed E-state index contributed by atoms with van der Waals surface area (Å²) >= 11 is 0.994. The summed E-state index contributed by atoms with van der Waals surface area (Å²) in [5, 5.41) is 0.275. The molecule has 1 heterocycles. The standard InChI is InChI=1S/C10H20N4O2S2/c1-4-14(5-2)7-6-12-18(15,16)9-8(3)13-10(11)17-9/h12H,4-7H2,1-3H3,(H2,11,13). The third-order valence-electron chi connectivity index (χ3n) is 2.63. The van der Waals surface area contributed by atoms with Crippen LogP contribution in [0.1, 0.15) is 19.5 Å². The average Bonchev–Trinajstić information content (AvgIpc) is 2.65. The van der Waals surface area contributed by atoms with E-state index in [2.05, 4.69) is 14.6 Å². The van der Waals surface area contributed by atoms with E-state index in [1.807, 2.05) is 13.8 Å². The van der Waals surface area contributed by atoms with Gasteiger partial charge >= 0.3 is 0 Å². The summed E-state index contributed by atoms with van der Waals surface area (Å²) in [5.41, 5.74) is 5.95. The molecule has 0 aliphatic rings. The molecule has 104 valence electrons. The first kappa shape index (κ1) is 15.4. The lowest BCUT2D eigenvalue weighted by Crippen LogP contribution is -2.34. The Labute approximate surface area is 112 Å². The third-order valence-corrected chi connectivity index (χ3v) is 5.69. The third kappa shape index (κ3) is 3.91. The molecule has 1 aromatic heterocycles. The SMILES string of the molecule is CCN(CC)CCNS(=O)(=O)c1sc(N)nc1C. The number of rotatable bonds is 7. The summed E-state index contributed by atoms with van der Waals surface area (Å²) in [6.07, 6.45) is 0. The van der Waals surface area contributed by atoms with E-state index in [4.69, 9.17) is 5.73 Å². The molecule has 0 spiro atoms. The van der Waals surface area contributed by atoms with Crippen molar-refractivity contribution in [1.82, 2.24) is 14.6 Å². The molecular weight excluding hydrogens is 272 g/mol. The van der Waals surface area contributed by atoms with Gasteiger partial charge in [-0.05, 0) is 20.0 Å². The number of sulfonamides is 1. The van der Waals surface area contributed by atoms with Gasteiger partial charge in [-0.3, -0.25) is 0 Å². The van der Waals surface area contributed by atoms with Gasteiger partial charge < -0.3 is 10.6 Å². The van der Waals surface area contributed by atoms with E-state index >= 15 is 0 Å². The molecule has 0 radical (unpaired) electrons. The summed E-state index contributed by atoms with van der Waals surface area (Å²) in [7, 11) is -3.48. The van der Waals surface area contributed by atoms with E-state index in [0.717, 1.165) is 24.4 Å². The van der Waals surface area contributed by atoms with Crippen LogP contribution in [-0.2, 0) is 10.0 Å². The highest BCUT2D eigenvalue weighted by Crippen LogP contribution is 2.24. The Morgan fingerprint density at radius 2 is 2.00 bits per heavy atom. The van der Waals surface area contributed by atoms with Gasteiger partial charge in [-0.2, -0.15) is 0 Å². The van der Waals surface area contributed by atoms with Crippen LogP contribution in [0.2, 0.25) is 0 Å². The molecule has 0 amide bonds. The molecule has 0 fully saturated rings. The summed E-state index contributed by atoms with van der Waals surface area (Å²) in [5.74, 6) is 0. The van der Waals surface area contributed by atoms with E-state index < -0.39 is 10.0 Å². The van der Waals surface area contributed by atoms with Crippen molar-refractivity contribution in [1.29, 1.82) is 0 Å². The maximum Gasteiger partial charge on any atom is 0.252 e. The smallest absolute Gasteiger partial charge is 0.252 e. The van der Waals surface area contributed by atoms with Crippen molar-refractivity contribution >= 4 is 26.5 Å². The van der Waals surface area contributed by atoms with Gasteiger partial charge in [0.2, 0.25) is 0 Å². The van der Waals surface area contributed by atoms with Crippen molar-refractivity contribution < 1.29 is 8.42 Å². The van der Waals surface area contributed by atoms with Crippen LogP contribution in [0.25, 0.3) is 0 Å². The number of anilines is 1. The van der Waals surface area contributed by atoms with Gasteiger partial charge in [0.05, 0.1) is 5.69 Å². The molecule has 0 unspecified atom stereocenters. The molecule has 1 aromatic rings. The highest BCUT2D eigenvalue weighted by molar-refractivity contribution is 7.91. The molecule has 0 aromatic carbocycles. The van der Waals surface area contributed by atoms with Crippen molar-refractivity contribution in [3.63, 3.8) is 0 Å². The summed E-state index contributed by atoms with van der Waals surface area (Å²) in [6, 6.07) is 0. The van der Waals surface area contributed by atoms with Gasteiger partial charge in [-0.25, -0.2) is 18.1 Å². The summed E-state index contributed by atoms with van der Waals surface area (Å²) in [4.78, 5) is 6.07. The molecule has 1 rings (SSSR count). The van der Waals surface area contributed by atoms with Gasteiger partial charge in [0, 0.05) is 13.1 Å². The number of nitrogens with one attached hydrogen (secondary N) is 1. The van der Waals surface area contributed by atoms with Crippen molar-refractivity contribution in [2.75, 3.05) is 31.9 Å². The largest absolute Gasteiger partial charge is 0.375 e. The Hall–Kier alpha value is -0.700. The Kier molecular flexibility index (Phi) is 5.51. The summed E-state index contributed by atoms with van der Waals surface area (Å²) in [6.45, 7) is 8.64. The van der Waals surface area contributed by atoms with Crippen LogP contribution >= 0.6 is 11.3 Å². The van der Waals surface area contributed by atoms with Crippen LogP contribution in [0, 0.1) is 6.92 Å². The Bertz CT molecular complexity index is 480. The molecule has 3 N–H and O–H groups in total. The second-order valence-electron chi connectivity index (χ2n) is 3.85. The highest BCUT2D eigenvalue weighted by atomic mass is 32.2. The van der Waals surface area contributed by atoms with Gasteiger partial charge in [0.1, 0.15) is 0 Å². The quantitative estimate of drug-likeness (QED) is 0.770. The Morgan fingerprint density at radius 1 is 1.39 bits per heavy atom. The number of nitrogens with zero attached hydrogens (tertiary/aromatic N) is 2. The maximum absolute atomic E-state index is 12.0. The normalized spacial score (nSPS) is 12.2. The second kappa shape index (κ2) is 6.46. The fraction of sp³-hybridized carbons (Fsp3) is 0.700. The minimum absolute atomic E-state index is 0.208. The van der Waals surface area contributed by atoms with Crippen molar-refractivity contribution in [2.45, 2.75) is 25.0 Å². The highest BCUT2D eigenvalue weighted by Gasteiger charge is 2.20. The van der Waals surface area contributed by atoms with Crippen molar-refractivity contribution in [3.8, 4) is 0 Å². The zero-order chi connectivity index (χ0) is 13.8. The lowest BCUT2D eigenvalue weighted by atomic mass is 10.5. The predicted molar refractivity (Wildman–Crippen MR) is 74.2 cm³/mol. The molecule has 0 aliphatic heterocycles. The first-order valence-electron chi connectivity index (χ1n) is 5.85. The number of nitrogen functional groups attached to an aromatic ring is 1. The average molecular weight is 292 g/mol. The number of hydrogen-bond donors (Lipinski definition) is 2. The molecule has 8 heteroatoms. The number of nitrogens with two attached hydrogens (primary N) is 1. The number of hydrogen-bond acceptors (Lipinski definition) is 6. The lowest BCUT2D eigenvalue weighted by molar-refractivity contribution is 0.309. The van der Waals surface area contributed by atoms with E-state index in [1.165, 1.54) is 0 Å². The van der Waals surface area contributed by atoms with Crippen molar-refractivity contribution in [2.24, 2.45) is 0 Å². The molecule has 0 atom stereocenters. The zero-order valence-electron chi connectivity index (χ0n) is 10.9. The van der Waals surface area contributed by atoms with E-state index in [0.29, 0.717) is 18.8 Å². The van der Waals surface area contributed by atoms with E-state index in [-0.39, 0.29) is 9.34 Å². The van der Waals surface area contributed by atoms with Crippen LogP contribution in [0.3, 0.4) is 0 Å². The number of likely N-dealkylation sites (N-methyl/N-ethyl adjacent to an activating group) is 1. The molecule has 0 bridgehead atoms. The minimum Gasteiger partial charge on any atom is -0.375 e. The van der Waals surface area contributed by atoms with Crippen LogP contribution < -0.4 is 10.5 Å². The fourth-order valence-corrected chi connectivity index (χ4v) is 3.96. The topological polar surface area (TPSA) is 88.3 Å². The first-order valence-corrected chi connectivity index (χ1v) is 8.15. The molecule has 18 heavy (non-hydrogen) atoms. The van der Waals surface area contributed by atoms with Gasteiger partial charge in [-0.15, -0.1) is 0 Å². The maximum atomic E-state index is 12.0. The van der Waals surface area contributed by atoms with Gasteiger partial charge in [-0.1, -0.05) is 25.2 Å². The molecule has 6 nitrogen and oxygen atoms in total. The molecular formula is C10H20N4O2S2. The Morgan fingerprint density at radius 3 is 2.44 bits per heavy atom. The minimum atomic E-state index is -3.48. The van der Waals surface area contributed by atoms with Crippen LogP contribution in [-0.4, -0.2) is 44.5 Å².